The zero-order valence-electron chi connectivity index (χ0n) is 23.4. The lowest BCUT2D eigenvalue weighted by Crippen LogP contribution is -2.39. The number of amides is 1. The van der Waals surface area contributed by atoms with Crippen molar-refractivity contribution in [3.05, 3.63) is 41.7 Å². The summed E-state index contributed by atoms with van der Waals surface area (Å²) in [6.07, 6.45) is 8.28. The van der Waals surface area contributed by atoms with Gasteiger partial charge in [0.15, 0.2) is 0 Å². The van der Waals surface area contributed by atoms with Gasteiger partial charge in [0.1, 0.15) is 28.7 Å². The van der Waals surface area contributed by atoms with E-state index >= 15 is 0 Å². The first kappa shape index (κ1) is 34.1. The number of hydrogen-bond donors (Lipinski definition) is 3. The SMILES string of the molecule is COc1cc(N)ncc1C1=CCN(C(=O)OC(C)(C)C)CC1.COc1cc(N)ncc1C1CCNCC1.Cl.Cl. The standard InChI is InChI=1S/C16H23N3O3.C11H17N3O.2ClH/c1-16(2,3)22-15(20)19-7-5-11(6-8-19)12-10-18-14(17)9-13(12)21-4;1-15-10-6-11(12)14-7-9(10)8-2-4-13-5-3-8;;/h5,9-10H,6-8H2,1-4H3,(H2,17,18);6-8,13H,2-5H2,1H3,(H2,12,14);2*1H. The molecule has 1 fully saturated rings. The summed E-state index contributed by atoms with van der Waals surface area (Å²) in [5, 5.41) is 3.35. The van der Waals surface area contributed by atoms with E-state index < -0.39 is 5.60 Å². The van der Waals surface area contributed by atoms with E-state index in [1.54, 1.807) is 37.4 Å². The van der Waals surface area contributed by atoms with Crippen molar-refractivity contribution in [1.29, 1.82) is 0 Å². The van der Waals surface area contributed by atoms with Gasteiger partial charge in [0.05, 0.1) is 14.2 Å². The number of anilines is 2. The largest absolute Gasteiger partial charge is 0.496 e. The summed E-state index contributed by atoms with van der Waals surface area (Å²) in [4.78, 5) is 22.0. The zero-order valence-corrected chi connectivity index (χ0v) is 25.0. The Balaban J connectivity index is 0.000000394. The van der Waals surface area contributed by atoms with E-state index in [-0.39, 0.29) is 30.9 Å². The molecule has 0 spiro atoms. The highest BCUT2D eigenvalue weighted by atomic mass is 35.5. The van der Waals surface area contributed by atoms with Crippen molar-refractivity contribution < 1.29 is 19.0 Å². The summed E-state index contributed by atoms with van der Waals surface area (Å²) in [7, 11) is 3.29. The molecule has 1 saturated heterocycles. The molecule has 4 heterocycles. The number of carbonyl (C=O) groups excluding carboxylic acids is 1. The fourth-order valence-corrected chi connectivity index (χ4v) is 4.35. The fraction of sp³-hybridized carbons (Fsp3) is 0.519. The van der Waals surface area contributed by atoms with E-state index in [0.717, 1.165) is 49.2 Å². The van der Waals surface area contributed by atoms with E-state index in [4.69, 9.17) is 25.7 Å². The number of nitrogens with two attached hydrogens (primary N) is 2. The molecule has 2 aromatic heterocycles. The summed E-state index contributed by atoms with van der Waals surface area (Å²) in [5.74, 6) is 3.06. The molecule has 2 aromatic rings. The van der Waals surface area contributed by atoms with Crippen molar-refractivity contribution >= 4 is 48.1 Å². The molecule has 0 bridgehead atoms. The maximum atomic E-state index is 12.0. The van der Waals surface area contributed by atoms with Gasteiger partial charge in [0.25, 0.3) is 0 Å². The first-order valence-corrected chi connectivity index (χ1v) is 12.6. The summed E-state index contributed by atoms with van der Waals surface area (Å²) in [6.45, 7) is 8.84. The number of methoxy groups -OCH3 is 2. The van der Waals surface area contributed by atoms with Crippen molar-refractivity contribution in [2.45, 2.75) is 51.6 Å². The molecule has 0 unspecified atom stereocenters. The van der Waals surface area contributed by atoms with Gasteiger partial charge in [-0.15, -0.1) is 24.8 Å². The Morgan fingerprint density at radius 3 is 2.13 bits per heavy atom. The second kappa shape index (κ2) is 15.6. The van der Waals surface area contributed by atoms with E-state index in [0.29, 0.717) is 36.4 Å². The lowest BCUT2D eigenvalue weighted by Gasteiger charge is -2.29. The van der Waals surface area contributed by atoms with Crippen molar-refractivity contribution in [2.24, 2.45) is 0 Å². The van der Waals surface area contributed by atoms with Gasteiger partial charge in [0, 0.05) is 48.7 Å². The minimum atomic E-state index is -0.481. The quantitative estimate of drug-likeness (QED) is 0.467. The molecule has 2 aliphatic heterocycles. The Kier molecular flexibility index (Phi) is 13.6. The summed E-state index contributed by atoms with van der Waals surface area (Å²) < 4.78 is 16.1. The van der Waals surface area contributed by atoms with Gasteiger partial charge in [-0.05, 0) is 64.6 Å². The van der Waals surface area contributed by atoms with Crippen LogP contribution in [0.25, 0.3) is 5.57 Å². The second-order valence-electron chi connectivity index (χ2n) is 10.1. The number of nitrogens with zero attached hydrogens (tertiary/aromatic N) is 3. The molecular formula is C27H42Cl2N6O4. The molecule has 4 rings (SSSR count). The normalized spacial score (nSPS) is 15.4. The molecule has 1 amide bonds. The first-order chi connectivity index (χ1) is 17.6. The highest BCUT2D eigenvalue weighted by Gasteiger charge is 2.25. The topological polar surface area (TPSA) is 138 Å². The van der Waals surface area contributed by atoms with Gasteiger partial charge in [-0.1, -0.05) is 6.08 Å². The number of aromatic nitrogens is 2. The summed E-state index contributed by atoms with van der Waals surface area (Å²) in [6, 6.07) is 3.51. The molecule has 0 aromatic carbocycles. The number of rotatable bonds is 4. The van der Waals surface area contributed by atoms with Crippen LogP contribution in [0.1, 0.15) is 57.1 Å². The van der Waals surface area contributed by atoms with Crippen LogP contribution >= 0.6 is 24.8 Å². The second-order valence-corrected chi connectivity index (χ2v) is 10.1. The Bertz CT molecular complexity index is 1100. The van der Waals surface area contributed by atoms with Gasteiger partial charge in [-0.25, -0.2) is 14.8 Å². The predicted molar refractivity (Wildman–Crippen MR) is 160 cm³/mol. The van der Waals surface area contributed by atoms with Crippen LogP contribution in [-0.4, -0.2) is 67.0 Å². The molecular weight excluding hydrogens is 543 g/mol. The average molecular weight is 586 g/mol. The zero-order chi connectivity index (χ0) is 27.0. The smallest absolute Gasteiger partial charge is 0.410 e. The number of ether oxygens (including phenoxy) is 3. The van der Waals surface area contributed by atoms with Gasteiger partial charge in [-0.3, -0.25) is 0 Å². The molecule has 0 atom stereocenters. The third kappa shape index (κ3) is 9.94. The van der Waals surface area contributed by atoms with Crippen LogP contribution in [0.2, 0.25) is 0 Å². The number of pyridine rings is 2. The Hall–Kier alpha value is -2.95. The first-order valence-electron chi connectivity index (χ1n) is 12.6. The predicted octanol–water partition coefficient (Wildman–Crippen LogP) is 4.68. The van der Waals surface area contributed by atoms with Gasteiger partial charge < -0.3 is 35.9 Å². The lowest BCUT2D eigenvalue weighted by molar-refractivity contribution is 0.0270. The summed E-state index contributed by atoms with van der Waals surface area (Å²) >= 11 is 0. The number of nitrogens with one attached hydrogen (secondary N) is 1. The summed E-state index contributed by atoms with van der Waals surface area (Å²) in [5.41, 5.74) is 14.0. The van der Waals surface area contributed by atoms with Gasteiger partial charge >= 0.3 is 6.09 Å². The molecule has 0 aliphatic carbocycles. The van der Waals surface area contributed by atoms with Crippen LogP contribution in [0.4, 0.5) is 16.4 Å². The van der Waals surface area contributed by atoms with E-state index in [9.17, 15) is 4.79 Å². The molecule has 5 N–H and O–H groups in total. The highest BCUT2D eigenvalue weighted by Crippen LogP contribution is 2.33. The number of carbonyl (C=O) groups is 1. The van der Waals surface area contributed by atoms with Crippen molar-refractivity contribution in [3.8, 4) is 11.5 Å². The third-order valence-corrected chi connectivity index (χ3v) is 6.23. The van der Waals surface area contributed by atoms with Gasteiger partial charge in [-0.2, -0.15) is 0 Å². The Morgan fingerprint density at radius 2 is 1.59 bits per heavy atom. The molecule has 218 valence electrons. The van der Waals surface area contributed by atoms with Gasteiger partial charge in [0.2, 0.25) is 0 Å². The third-order valence-electron chi connectivity index (χ3n) is 6.23. The maximum Gasteiger partial charge on any atom is 0.410 e. The van der Waals surface area contributed by atoms with Crippen molar-refractivity contribution in [3.63, 3.8) is 0 Å². The molecule has 12 heteroatoms. The molecule has 2 aliphatic rings. The van der Waals surface area contributed by atoms with Crippen LogP contribution in [0, 0.1) is 0 Å². The van der Waals surface area contributed by atoms with E-state index in [1.165, 1.54) is 5.56 Å². The Morgan fingerprint density at radius 1 is 1.00 bits per heavy atom. The molecule has 39 heavy (non-hydrogen) atoms. The van der Waals surface area contributed by atoms with Crippen LogP contribution < -0.4 is 26.3 Å². The minimum absolute atomic E-state index is 0. The average Bonchev–Trinajstić information content (AvgIpc) is 2.88. The van der Waals surface area contributed by atoms with Crippen LogP contribution in [-0.2, 0) is 4.74 Å². The lowest BCUT2D eigenvalue weighted by atomic mass is 9.91. The van der Waals surface area contributed by atoms with Crippen LogP contribution in [0.15, 0.2) is 30.6 Å². The number of piperidine rings is 1. The van der Waals surface area contributed by atoms with Crippen LogP contribution in [0.3, 0.4) is 0 Å². The molecule has 0 radical (unpaired) electrons. The minimum Gasteiger partial charge on any atom is -0.496 e. The molecule has 10 nitrogen and oxygen atoms in total. The monoisotopic (exact) mass is 584 g/mol. The number of nitrogen functional groups attached to an aromatic ring is 2. The number of hydrogen-bond acceptors (Lipinski definition) is 9. The van der Waals surface area contributed by atoms with Crippen molar-refractivity contribution in [2.75, 3.05) is 51.9 Å². The fourth-order valence-electron chi connectivity index (χ4n) is 4.35. The van der Waals surface area contributed by atoms with Crippen LogP contribution in [0.5, 0.6) is 11.5 Å². The Labute approximate surface area is 243 Å². The highest BCUT2D eigenvalue weighted by molar-refractivity contribution is 5.85. The van der Waals surface area contributed by atoms with Crippen molar-refractivity contribution in [1.82, 2.24) is 20.2 Å². The van der Waals surface area contributed by atoms with E-state index in [1.807, 2.05) is 33.0 Å². The van der Waals surface area contributed by atoms with E-state index in [2.05, 4.69) is 15.3 Å². The number of halogens is 2. The molecule has 0 saturated carbocycles. The maximum absolute atomic E-state index is 12.0.